The first-order valence-corrected chi connectivity index (χ1v) is 13.3. The van der Waals surface area contributed by atoms with Crippen LogP contribution in [0.1, 0.15) is 61.8 Å². The summed E-state index contributed by atoms with van der Waals surface area (Å²) in [4.78, 5) is 4.49. The van der Waals surface area contributed by atoms with Gasteiger partial charge in [-0.15, -0.1) is 0 Å². The second kappa shape index (κ2) is 11.3. The number of nitrogens with zero attached hydrogens (tertiary/aromatic N) is 2. The zero-order valence-electron chi connectivity index (χ0n) is 19.9. The summed E-state index contributed by atoms with van der Waals surface area (Å²) in [5.41, 5.74) is 5.51. The van der Waals surface area contributed by atoms with Crippen LogP contribution in [0.5, 0.6) is 0 Å². The van der Waals surface area contributed by atoms with Crippen molar-refractivity contribution in [1.29, 1.82) is 0 Å². The Morgan fingerprint density at radius 3 is 1.88 bits per heavy atom. The standard InChI is InChI=1S/C30H34N2Si/c1-3-5-12-25-14-10-16-27(22-25)30(32-21-20-31-24-32,33-29-18-8-7-9-19-29)28-17-11-15-26(23-28)13-6-4-2/h7-11,14-24H,3-6,12-13H2,1-2H3. The van der Waals surface area contributed by atoms with Crippen molar-refractivity contribution < 1.29 is 0 Å². The summed E-state index contributed by atoms with van der Waals surface area (Å²) in [5.74, 6) is 0. The van der Waals surface area contributed by atoms with Gasteiger partial charge in [-0.25, -0.2) is 4.98 Å². The molecule has 3 heteroatoms. The number of aryl methyl sites for hydroxylation is 2. The SMILES string of the molecule is CCCCc1cccc(C([Si]c2ccccc2)(c2cccc(CCCC)c2)n2ccnc2)c1. The van der Waals surface area contributed by atoms with E-state index in [0.29, 0.717) is 9.52 Å². The molecule has 0 atom stereocenters. The van der Waals surface area contributed by atoms with Crippen molar-refractivity contribution in [3.05, 3.63) is 120 Å². The molecule has 2 radical (unpaired) electrons. The molecule has 4 rings (SSSR count). The van der Waals surface area contributed by atoms with E-state index < -0.39 is 0 Å². The molecule has 0 aliphatic heterocycles. The fraction of sp³-hybridized carbons (Fsp3) is 0.300. The lowest BCUT2D eigenvalue weighted by atomic mass is 9.92. The third kappa shape index (κ3) is 5.36. The summed E-state index contributed by atoms with van der Waals surface area (Å²) in [6.07, 6.45) is 13.1. The minimum Gasteiger partial charge on any atom is -0.326 e. The number of rotatable bonds is 11. The monoisotopic (exact) mass is 450 g/mol. The topological polar surface area (TPSA) is 17.8 Å². The molecule has 0 aliphatic rings. The molecule has 33 heavy (non-hydrogen) atoms. The average Bonchev–Trinajstić information content (AvgIpc) is 3.41. The van der Waals surface area contributed by atoms with E-state index in [9.17, 15) is 0 Å². The highest BCUT2D eigenvalue weighted by Crippen LogP contribution is 2.35. The normalized spacial score (nSPS) is 11.6. The van der Waals surface area contributed by atoms with Crippen molar-refractivity contribution >= 4 is 14.7 Å². The maximum atomic E-state index is 4.49. The molecule has 168 valence electrons. The molecule has 0 bridgehead atoms. The highest BCUT2D eigenvalue weighted by Gasteiger charge is 2.37. The Labute approximate surface area is 201 Å². The van der Waals surface area contributed by atoms with Gasteiger partial charge in [-0.05, 0) is 47.9 Å². The number of benzene rings is 3. The van der Waals surface area contributed by atoms with Gasteiger partial charge in [-0.2, -0.15) is 0 Å². The van der Waals surface area contributed by atoms with E-state index in [1.807, 2.05) is 12.5 Å². The molecule has 4 aromatic rings. The fourth-order valence-electron chi connectivity index (χ4n) is 4.53. The van der Waals surface area contributed by atoms with Crippen molar-refractivity contribution in [2.45, 2.75) is 57.5 Å². The van der Waals surface area contributed by atoms with Gasteiger partial charge >= 0.3 is 0 Å². The molecule has 0 amide bonds. The van der Waals surface area contributed by atoms with Crippen LogP contribution in [-0.4, -0.2) is 19.1 Å². The van der Waals surface area contributed by atoms with Gasteiger partial charge in [0.1, 0.15) is 9.52 Å². The third-order valence-corrected chi connectivity index (χ3v) is 8.14. The first-order chi connectivity index (χ1) is 16.3. The van der Waals surface area contributed by atoms with Gasteiger partial charge in [0, 0.05) is 12.4 Å². The molecule has 0 saturated heterocycles. The number of imidazole rings is 1. The Balaban J connectivity index is 1.92. The Hall–Kier alpha value is -2.91. The van der Waals surface area contributed by atoms with Crippen LogP contribution < -0.4 is 5.19 Å². The number of aromatic nitrogens is 2. The van der Waals surface area contributed by atoms with Crippen molar-refractivity contribution in [2.24, 2.45) is 0 Å². The largest absolute Gasteiger partial charge is 0.326 e. The van der Waals surface area contributed by atoms with Crippen LogP contribution in [-0.2, 0) is 18.0 Å². The molecule has 1 aromatic heterocycles. The van der Waals surface area contributed by atoms with E-state index in [1.165, 1.54) is 53.1 Å². The van der Waals surface area contributed by atoms with Crippen LogP contribution in [0, 0.1) is 0 Å². The lowest BCUT2D eigenvalue weighted by Crippen LogP contribution is -2.46. The molecule has 3 aromatic carbocycles. The van der Waals surface area contributed by atoms with E-state index in [0.717, 1.165) is 12.8 Å². The van der Waals surface area contributed by atoms with Crippen molar-refractivity contribution in [3.63, 3.8) is 0 Å². The van der Waals surface area contributed by atoms with Gasteiger partial charge in [-0.3, -0.25) is 0 Å². The van der Waals surface area contributed by atoms with Crippen LogP contribution in [0.2, 0.25) is 0 Å². The molecule has 2 nitrogen and oxygen atoms in total. The van der Waals surface area contributed by atoms with E-state index >= 15 is 0 Å². The lowest BCUT2D eigenvalue weighted by Gasteiger charge is -2.37. The van der Waals surface area contributed by atoms with Gasteiger partial charge in [0.05, 0.1) is 11.5 Å². The summed E-state index contributed by atoms with van der Waals surface area (Å²) in [6.45, 7) is 4.52. The summed E-state index contributed by atoms with van der Waals surface area (Å²) in [7, 11) is 0.536. The van der Waals surface area contributed by atoms with Gasteiger partial charge in [-0.1, -0.05) is 111 Å². The van der Waals surface area contributed by atoms with E-state index in [2.05, 4.69) is 108 Å². The van der Waals surface area contributed by atoms with E-state index in [1.54, 1.807) is 0 Å². The minimum atomic E-state index is -0.331. The second-order valence-electron chi connectivity index (χ2n) is 8.78. The minimum absolute atomic E-state index is 0.331. The van der Waals surface area contributed by atoms with E-state index in [-0.39, 0.29) is 5.16 Å². The third-order valence-electron chi connectivity index (χ3n) is 6.32. The predicted molar refractivity (Wildman–Crippen MR) is 140 cm³/mol. The Kier molecular flexibility index (Phi) is 7.95. The van der Waals surface area contributed by atoms with E-state index in [4.69, 9.17) is 0 Å². The quantitative estimate of drug-likeness (QED) is 0.244. The Morgan fingerprint density at radius 2 is 1.36 bits per heavy atom. The van der Waals surface area contributed by atoms with Crippen LogP contribution in [0.3, 0.4) is 0 Å². The van der Waals surface area contributed by atoms with Gasteiger partial charge < -0.3 is 4.57 Å². The molecule has 0 N–H and O–H groups in total. The molecular formula is C30H34N2Si. The average molecular weight is 451 g/mol. The molecule has 0 aliphatic carbocycles. The molecule has 1 heterocycles. The molecule has 0 saturated carbocycles. The van der Waals surface area contributed by atoms with Crippen LogP contribution in [0.15, 0.2) is 97.6 Å². The lowest BCUT2D eigenvalue weighted by molar-refractivity contribution is 0.594. The maximum Gasteiger partial charge on any atom is 0.127 e. The highest BCUT2D eigenvalue weighted by atomic mass is 28.2. The van der Waals surface area contributed by atoms with Gasteiger partial charge in [0.15, 0.2) is 0 Å². The fourth-order valence-corrected chi connectivity index (χ4v) is 6.17. The predicted octanol–water partition coefficient (Wildman–Crippen LogP) is 6.35. The van der Waals surface area contributed by atoms with Crippen molar-refractivity contribution in [2.75, 3.05) is 0 Å². The number of hydrogen-bond acceptors (Lipinski definition) is 1. The number of hydrogen-bond donors (Lipinski definition) is 0. The van der Waals surface area contributed by atoms with Crippen LogP contribution >= 0.6 is 0 Å². The van der Waals surface area contributed by atoms with Crippen LogP contribution in [0.25, 0.3) is 0 Å². The summed E-state index contributed by atoms with van der Waals surface area (Å²) < 4.78 is 2.33. The maximum absolute atomic E-state index is 4.49. The smallest absolute Gasteiger partial charge is 0.127 e. The summed E-state index contributed by atoms with van der Waals surface area (Å²) >= 11 is 0. The van der Waals surface area contributed by atoms with Gasteiger partial charge in [0.2, 0.25) is 0 Å². The zero-order valence-corrected chi connectivity index (χ0v) is 20.9. The summed E-state index contributed by atoms with van der Waals surface area (Å²) in [5, 5.41) is 1.02. The molecule has 0 unspecified atom stereocenters. The first kappa shape index (κ1) is 23.3. The Morgan fingerprint density at radius 1 is 0.758 bits per heavy atom. The molecule has 0 fully saturated rings. The molecule has 0 spiro atoms. The highest BCUT2D eigenvalue weighted by molar-refractivity contribution is 6.57. The number of unbranched alkanes of at least 4 members (excludes halogenated alkanes) is 2. The zero-order chi connectivity index (χ0) is 22.9. The van der Waals surface area contributed by atoms with Gasteiger partial charge in [0.25, 0.3) is 0 Å². The van der Waals surface area contributed by atoms with Crippen LogP contribution in [0.4, 0.5) is 0 Å². The summed E-state index contributed by atoms with van der Waals surface area (Å²) in [6, 6.07) is 29.4. The Bertz CT molecular complexity index is 1070. The first-order valence-electron chi connectivity index (χ1n) is 12.3. The second-order valence-corrected chi connectivity index (χ2v) is 10.3. The van der Waals surface area contributed by atoms with Crippen molar-refractivity contribution in [3.8, 4) is 0 Å². The molecular weight excluding hydrogens is 416 g/mol. The van der Waals surface area contributed by atoms with Crippen molar-refractivity contribution in [1.82, 2.24) is 9.55 Å².